The number of hydrogen-bond donors (Lipinski definition) is 1. The molecular weight excluding hydrogens is 222 g/mol. The van der Waals surface area contributed by atoms with Crippen molar-refractivity contribution < 1.29 is 9.52 Å². The lowest BCUT2D eigenvalue weighted by molar-refractivity contribution is 0.159. The van der Waals surface area contributed by atoms with E-state index in [1.54, 1.807) is 17.6 Å². The first kappa shape index (κ1) is 10.1. The summed E-state index contributed by atoms with van der Waals surface area (Å²) in [6.07, 6.45) is 4.80. The van der Waals surface area contributed by atoms with Crippen LogP contribution < -0.4 is 0 Å². The monoisotopic (exact) mass is 235 g/mol. The molecule has 3 nitrogen and oxygen atoms in total. The lowest BCUT2D eigenvalue weighted by Gasteiger charge is -2.14. The molecule has 0 aliphatic heterocycles. The van der Waals surface area contributed by atoms with E-state index < -0.39 is 0 Å². The van der Waals surface area contributed by atoms with Gasteiger partial charge in [-0.25, -0.2) is 4.98 Å². The molecule has 0 saturated carbocycles. The van der Waals surface area contributed by atoms with Gasteiger partial charge in [0.1, 0.15) is 10.8 Å². The van der Waals surface area contributed by atoms with Gasteiger partial charge in [0.2, 0.25) is 0 Å². The van der Waals surface area contributed by atoms with Crippen molar-refractivity contribution in [1.29, 1.82) is 0 Å². The molecular formula is C12H13NO2S. The molecule has 1 aliphatic carbocycles. The number of nitrogens with zero attached hydrogens (tertiary/aromatic N) is 1. The van der Waals surface area contributed by atoms with Gasteiger partial charge in [-0.3, -0.25) is 0 Å². The van der Waals surface area contributed by atoms with Gasteiger partial charge in [0, 0.05) is 11.3 Å². The van der Waals surface area contributed by atoms with Crippen LogP contribution in [0.4, 0.5) is 0 Å². The smallest absolute Gasteiger partial charge is 0.110 e. The minimum Gasteiger partial charge on any atom is -0.469 e. The Hall–Kier alpha value is -1.13. The molecule has 2 heterocycles. The van der Waals surface area contributed by atoms with Gasteiger partial charge in [0.05, 0.1) is 24.5 Å². The number of aliphatic hydroxyl groups is 1. The zero-order chi connectivity index (χ0) is 11.0. The molecule has 0 aromatic carbocycles. The summed E-state index contributed by atoms with van der Waals surface area (Å²) in [7, 11) is 0. The van der Waals surface area contributed by atoms with E-state index in [9.17, 15) is 5.11 Å². The molecule has 2 aromatic rings. The van der Waals surface area contributed by atoms with Crippen LogP contribution in [-0.4, -0.2) is 16.2 Å². The Morgan fingerprint density at radius 3 is 3.31 bits per heavy atom. The van der Waals surface area contributed by atoms with Crippen LogP contribution in [0.2, 0.25) is 0 Å². The van der Waals surface area contributed by atoms with Gasteiger partial charge in [0.15, 0.2) is 0 Å². The van der Waals surface area contributed by atoms with E-state index in [-0.39, 0.29) is 6.10 Å². The van der Waals surface area contributed by atoms with Crippen LogP contribution in [0.1, 0.15) is 27.8 Å². The minimum atomic E-state index is -0.176. The van der Waals surface area contributed by atoms with Crippen molar-refractivity contribution in [3.63, 3.8) is 0 Å². The van der Waals surface area contributed by atoms with Gasteiger partial charge in [-0.1, -0.05) is 0 Å². The van der Waals surface area contributed by atoms with Gasteiger partial charge in [-0.05, 0) is 25.0 Å². The third-order valence-electron chi connectivity index (χ3n) is 2.86. The molecule has 1 aliphatic rings. The maximum Gasteiger partial charge on any atom is 0.110 e. The van der Waals surface area contributed by atoms with Crippen LogP contribution in [0.3, 0.4) is 0 Å². The molecule has 16 heavy (non-hydrogen) atoms. The van der Waals surface area contributed by atoms with Crippen LogP contribution in [0.15, 0.2) is 22.8 Å². The van der Waals surface area contributed by atoms with Crippen LogP contribution in [-0.2, 0) is 19.3 Å². The second-order valence-corrected chi connectivity index (χ2v) is 5.30. The normalized spacial score (nSPS) is 19.7. The lowest BCUT2D eigenvalue weighted by Crippen LogP contribution is -2.17. The molecule has 0 amide bonds. The first-order valence-electron chi connectivity index (χ1n) is 5.49. The molecule has 3 rings (SSSR count). The highest BCUT2D eigenvalue weighted by Crippen LogP contribution is 2.28. The molecule has 0 bridgehead atoms. The fraction of sp³-hybridized carbons (Fsp3) is 0.417. The van der Waals surface area contributed by atoms with E-state index in [1.165, 1.54) is 10.6 Å². The van der Waals surface area contributed by atoms with Gasteiger partial charge in [-0.15, -0.1) is 11.3 Å². The molecule has 84 valence electrons. The number of hydrogen-bond acceptors (Lipinski definition) is 4. The van der Waals surface area contributed by atoms with Crippen molar-refractivity contribution in [3.05, 3.63) is 39.7 Å². The zero-order valence-electron chi connectivity index (χ0n) is 8.85. The maximum absolute atomic E-state index is 9.58. The Bertz CT molecular complexity index is 475. The molecule has 1 N–H and O–H groups in total. The highest BCUT2D eigenvalue weighted by atomic mass is 32.1. The molecule has 1 unspecified atom stereocenters. The highest BCUT2D eigenvalue weighted by molar-refractivity contribution is 7.11. The minimum absolute atomic E-state index is 0.176. The Morgan fingerprint density at radius 1 is 1.56 bits per heavy atom. The summed E-state index contributed by atoms with van der Waals surface area (Å²) < 4.78 is 5.31. The van der Waals surface area contributed by atoms with Crippen molar-refractivity contribution >= 4 is 11.3 Å². The average molecular weight is 235 g/mol. The van der Waals surface area contributed by atoms with E-state index >= 15 is 0 Å². The predicted molar refractivity (Wildman–Crippen MR) is 61.7 cm³/mol. The fourth-order valence-electron chi connectivity index (χ4n) is 2.05. The summed E-state index contributed by atoms with van der Waals surface area (Å²) in [5, 5.41) is 10.7. The number of fused-ring (bicyclic) bond motifs is 1. The Balaban J connectivity index is 1.82. The zero-order valence-corrected chi connectivity index (χ0v) is 9.67. The van der Waals surface area contributed by atoms with Gasteiger partial charge >= 0.3 is 0 Å². The molecule has 0 spiro atoms. The summed E-state index contributed by atoms with van der Waals surface area (Å²) in [5.74, 6) is 0.951. The molecule has 0 fully saturated rings. The second-order valence-electron chi connectivity index (χ2n) is 4.13. The van der Waals surface area contributed by atoms with Crippen LogP contribution >= 0.6 is 11.3 Å². The SMILES string of the molecule is OC1CCc2nc(Cc3ccco3)sc2C1. The molecule has 1 atom stereocenters. The fourth-order valence-corrected chi connectivity index (χ4v) is 3.24. The molecule has 2 aromatic heterocycles. The summed E-state index contributed by atoms with van der Waals surface area (Å²) in [5.41, 5.74) is 1.18. The van der Waals surface area contributed by atoms with E-state index in [0.29, 0.717) is 0 Å². The summed E-state index contributed by atoms with van der Waals surface area (Å²) >= 11 is 1.71. The number of aromatic nitrogens is 1. The number of aliphatic hydroxyl groups excluding tert-OH is 1. The number of aryl methyl sites for hydroxylation is 1. The summed E-state index contributed by atoms with van der Waals surface area (Å²) in [6, 6.07) is 3.86. The number of furan rings is 1. The van der Waals surface area contributed by atoms with Crippen molar-refractivity contribution in [2.75, 3.05) is 0 Å². The van der Waals surface area contributed by atoms with E-state index in [1.807, 2.05) is 12.1 Å². The Labute approximate surface area is 97.8 Å². The number of rotatable bonds is 2. The summed E-state index contributed by atoms with van der Waals surface area (Å²) in [4.78, 5) is 5.86. The first-order chi connectivity index (χ1) is 7.81. The molecule has 0 radical (unpaired) electrons. The standard InChI is InChI=1S/C12H13NO2S/c14-8-3-4-10-11(6-8)16-12(13-10)7-9-2-1-5-15-9/h1-2,5,8,14H,3-4,6-7H2. The van der Waals surface area contributed by atoms with Crippen LogP contribution in [0.5, 0.6) is 0 Å². The van der Waals surface area contributed by atoms with Gasteiger partial charge in [0.25, 0.3) is 0 Å². The molecule has 0 saturated heterocycles. The lowest BCUT2D eigenvalue weighted by atomic mass is 10.0. The topological polar surface area (TPSA) is 46.3 Å². The van der Waals surface area contributed by atoms with Crippen molar-refractivity contribution in [2.24, 2.45) is 0 Å². The highest BCUT2D eigenvalue weighted by Gasteiger charge is 2.20. The van der Waals surface area contributed by atoms with Gasteiger partial charge in [-0.2, -0.15) is 0 Å². The van der Waals surface area contributed by atoms with E-state index in [0.717, 1.165) is 36.5 Å². The Morgan fingerprint density at radius 2 is 2.50 bits per heavy atom. The quantitative estimate of drug-likeness (QED) is 0.867. The molecule has 4 heteroatoms. The number of thiazole rings is 1. The van der Waals surface area contributed by atoms with E-state index in [2.05, 4.69) is 4.98 Å². The van der Waals surface area contributed by atoms with Crippen LogP contribution in [0, 0.1) is 0 Å². The maximum atomic E-state index is 9.58. The largest absolute Gasteiger partial charge is 0.469 e. The van der Waals surface area contributed by atoms with Gasteiger partial charge < -0.3 is 9.52 Å². The summed E-state index contributed by atoms with van der Waals surface area (Å²) in [6.45, 7) is 0. The van der Waals surface area contributed by atoms with Crippen molar-refractivity contribution in [3.8, 4) is 0 Å². The van der Waals surface area contributed by atoms with Crippen molar-refractivity contribution in [1.82, 2.24) is 4.98 Å². The van der Waals surface area contributed by atoms with E-state index in [4.69, 9.17) is 4.42 Å². The average Bonchev–Trinajstić information content (AvgIpc) is 2.86. The first-order valence-corrected chi connectivity index (χ1v) is 6.31. The van der Waals surface area contributed by atoms with Crippen molar-refractivity contribution in [2.45, 2.75) is 31.8 Å². The third-order valence-corrected chi connectivity index (χ3v) is 3.98. The Kier molecular flexibility index (Phi) is 2.53. The third kappa shape index (κ3) is 1.90. The second kappa shape index (κ2) is 4.03. The van der Waals surface area contributed by atoms with Crippen LogP contribution in [0.25, 0.3) is 0 Å². The predicted octanol–water partition coefficient (Wildman–Crippen LogP) is 2.18.